The number of hydrogen-bond donors (Lipinski definition) is 1. The molecule has 2 N–H and O–H groups in total. The molecule has 0 aliphatic heterocycles. The van der Waals surface area contributed by atoms with E-state index in [0.717, 1.165) is 13.1 Å². The van der Waals surface area contributed by atoms with Crippen LogP contribution < -0.4 is 10.6 Å². The van der Waals surface area contributed by atoms with Crippen molar-refractivity contribution in [1.29, 1.82) is 0 Å². The maximum Gasteiger partial charge on any atom is 0.0366 e. The van der Waals surface area contributed by atoms with E-state index in [9.17, 15) is 0 Å². The van der Waals surface area contributed by atoms with Crippen LogP contribution in [0.2, 0.25) is 0 Å². The molecule has 2 heteroatoms. The quantitative estimate of drug-likeness (QED) is 0.843. The molecule has 17 heavy (non-hydrogen) atoms. The second kappa shape index (κ2) is 5.54. The maximum atomic E-state index is 6.28. The highest BCUT2D eigenvalue weighted by molar-refractivity contribution is 5.47. The fourth-order valence-corrected chi connectivity index (χ4v) is 2.57. The number of anilines is 1. The Bertz CT molecular complexity index is 336. The van der Waals surface area contributed by atoms with Crippen molar-refractivity contribution in [1.82, 2.24) is 0 Å². The fraction of sp³-hybridized carbons (Fsp3) is 0.600. The predicted octanol–water partition coefficient (Wildman–Crippen LogP) is 3.33. The minimum atomic E-state index is 0.245. The molecular weight excluding hydrogens is 208 g/mol. The number of nitrogens with zero attached hydrogens (tertiary/aromatic N) is 1. The Morgan fingerprint density at radius 2 is 1.76 bits per heavy atom. The van der Waals surface area contributed by atoms with Crippen molar-refractivity contribution in [3.63, 3.8) is 0 Å². The van der Waals surface area contributed by atoms with Gasteiger partial charge in [0, 0.05) is 24.8 Å². The van der Waals surface area contributed by atoms with Crippen molar-refractivity contribution in [3.05, 3.63) is 29.8 Å². The van der Waals surface area contributed by atoms with E-state index < -0.39 is 0 Å². The van der Waals surface area contributed by atoms with Gasteiger partial charge in [0.1, 0.15) is 0 Å². The Hall–Kier alpha value is -1.02. The topological polar surface area (TPSA) is 29.3 Å². The number of benzene rings is 1. The number of hydrogen-bond acceptors (Lipinski definition) is 2. The minimum Gasteiger partial charge on any atom is -0.372 e. The van der Waals surface area contributed by atoms with Crippen LogP contribution in [-0.2, 0) is 0 Å². The molecule has 2 nitrogen and oxygen atoms in total. The molecule has 0 aromatic heterocycles. The second-order valence-corrected chi connectivity index (χ2v) is 4.98. The van der Waals surface area contributed by atoms with Crippen molar-refractivity contribution < 1.29 is 0 Å². The Balaban J connectivity index is 2.06. The van der Waals surface area contributed by atoms with Crippen LogP contribution in [0.5, 0.6) is 0 Å². The molecule has 1 aromatic carbocycles. The van der Waals surface area contributed by atoms with Gasteiger partial charge in [0.25, 0.3) is 0 Å². The Morgan fingerprint density at radius 3 is 2.18 bits per heavy atom. The summed E-state index contributed by atoms with van der Waals surface area (Å²) in [6.45, 7) is 6.50. The summed E-state index contributed by atoms with van der Waals surface area (Å²) in [6.07, 6.45) is 3.97. The molecule has 1 atom stereocenters. The minimum absolute atomic E-state index is 0.245. The van der Waals surface area contributed by atoms with Gasteiger partial charge in [-0.3, -0.25) is 0 Å². The van der Waals surface area contributed by atoms with Crippen LogP contribution in [0.4, 0.5) is 5.69 Å². The third kappa shape index (κ3) is 2.63. The van der Waals surface area contributed by atoms with Gasteiger partial charge in [0.2, 0.25) is 0 Å². The van der Waals surface area contributed by atoms with E-state index in [-0.39, 0.29) is 6.04 Å². The van der Waals surface area contributed by atoms with Gasteiger partial charge < -0.3 is 10.6 Å². The smallest absolute Gasteiger partial charge is 0.0366 e. The first kappa shape index (κ1) is 12.4. The van der Waals surface area contributed by atoms with Gasteiger partial charge >= 0.3 is 0 Å². The van der Waals surface area contributed by atoms with E-state index in [0.29, 0.717) is 5.92 Å². The first-order chi connectivity index (χ1) is 8.26. The van der Waals surface area contributed by atoms with Crippen LogP contribution in [-0.4, -0.2) is 13.1 Å². The summed E-state index contributed by atoms with van der Waals surface area (Å²) < 4.78 is 0. The van der Waals surface area contributed by atoms with Crippen molar-refractivity contribution in [2.45, 2.75) is 39.2 Å². The largest absolute Gasteiger partial charge is 0.372 e. The normalized spacial score (nSPS) is 17.6. The molecule has 1 aliphatic carbocycles. The van der Waals surface area contributed by atoms with Gasteiger partial charge in [0.15, 0.2) is 0 Å². The Kier molecular flexibility index (Phi) is 4.06. The van der Waals surface area contributed by atoms with Gasteiger partial charge in [-0.25, -0.2) is 0 Å². The zero-order valence-electron chi connectivity index (χ0n) is 11.0. The summed E-state index contributed by atoms with van der Waals surface area (Å²) in [6, 6.07) is 9.07. The summed E-state index contributed by atoms with van der Waals surface area (Å²) in [5, 5.41) is 0. The van der Waals surface area contributed by atoms with Crippen molar-refractivity contribution in [2.75, 3.05) is 18.0 Å². The van der Waals surface area contributed by atoms with Gasteiger partial charge in [-0.05, 0) is 50.3 Å². The van der Waals surface area contributed by atoms with Gasteiger partial charge in [-0.1, -0.05) is 18.6 Å². The molecule has 0 heterocycles. The number of rotatable bonds is 5. The first-order valence-corrected chi connectivity index (χ1v) is 6.86. The average molecular weight is 232 g/mol. The Morgan fingerprint density at radius 1 is 1.18 bits per heavy atom. The zero-order valence-corrected chi connectivity index (χ0v) is 11.0. The van der Waals surface area contributed by atoms with Crippen molar-refractivity contribution >= 4 is 5.69 Å². The molecule has 94 valence electrons. The van der Waals surface area contributed by atoms with Crippen LogP contribution in [0.1, 0.15) is 44.7 Å². The molecule has 1 aliphatic rings. The highest BCUT2D eigenvalue weighted by atomic mass is 15.1. The average Bonchev–Trinajstić information content (AvgIpc) is 2.29. The lowest BCUT2D eigenvalue weighted by Gasteiger charge is -2.31. The molecule has 0 amide bonds. The monoisotopic (exact) mass is 232 g/mol. The summed E-state index contributed by atoms with van der Waals surface area (Å²) >= 11 is 0. The lowest BCUT2D eigenvalue weighted by atomic mass is 9.77. The molecule has 0 unspecified atom stereocenters. The number of nitrogens with two attached hydrogens (primary N) is 1. The summed E-state index contributed by atoms with van der Waals surface area (Å²) in [5.74, 6) is 0.717. The summed E-state index contributed by atoms with van der Waals surface area (Å²) in [4.78, 5) is 2.36. The van der Waals surface area contributed by atoms with Gasteiger partial charge in [-0.2, -0.15) is 0 Å². The van der Waals surface area contributed by atoms with E-state index in [4.69, 9.17) is 5.73 Å². The van der Waals surface area contributed by atoms with Crippen LogP contribution in [0, 0.1) is 5.92 Å². The second-order valence-electron chi connectivity index (χ2n) is 4.98. The van der Waals surface area contributed by atoms with E-state index in [1.165, 1.54) is 30.5 Å². The van der Waals surface area contributed by atoms with E-state index in [1.807, 2.05) is 0 Å². The third-order valence-corrected chi connectivity index (χ3v) is 4.06. The third-order valence-electron chi connectivity index (χ3n) is 4.06. The summed E-state index contributed by atoms with van der Waals surface area (Å²) in [5.41, 5.74) is 8.88. The maximum absolute atomic E-state index is 6.28. The van der Waals surface area contributed by atoms with Gasteiger partial charge in [-0.15, -0.1) is 0 Å². The fourth-order valence-electron chi connectivity index (χ4n) is 2.57. The predicted molar refractivity (Wildman–Crippen MR) is 74.3 cm³/mol. The molecule has 2 rings (SSSR count). The highest BCUT2D eigenvalue weighted by Gasteiger charge is 2.25. The van der Waals surface area contributed by atoms with Crippen LogP contribution in [0.15, 0.2) is 24.3 Å². The molecule has 0 bridgehead atoms. The summed E-state index contributed by atoms with van der Waals surface area (Å²) in [7, 11) is 0. The molecule has 0 saturated heterocycles. The Labute approximate surface area is 105 Å². The standard InChI is InChI=1S/C15H24N2/c1-3-17(4-2)14-10-8-13(9-11-14)15(16)12-6-5-7-12/h8-12,15H,3-7,16H2,1-2H3/t15-/m1/s1. The van der Waals surface area contributed by atoms with E-state index in [2.05, 4.69) is 43.0 Å². The van der Waals surface area contributed by atoms with Crippen LogP contribution >= 0.6 is 0 Å². The lowest BCUT2D eigenvalue weighted by molar-refractivity contribution is 0.264. The van der Waals surface area contributed by atoms with E-state index >= 15 is 0 Å². The van der Waals surface area contributed by atoms with Crippen LogP contribution in [0.25, 0.3) is 0 Å². The van der Waals surface area contributed by atoms with Crippen molar-refractivity contribution in [3.8, 4) is 0 Å². The SMILES string of the molecule is CCN(CC)c1ccc([C@H](N)C2CCC2)cc1. The van der Waals surface area contributed by atoms with Crippen molar-refractivity contribution in [2.24, 2.45) is 11.7 Å². The van der Waals surface area contributed by atoms with E-state index in [1.54, 1.807) is 0 Å². The lowest BCUT2D eigenvalue weighted by Crippen LogP contribution is -2.27. The molecule has 1 fully saturated rings. The molecule has 1 aromatic rings. The van der Waals surface area contributed by atoms with Crippen LogP contribution in [0.3, 0.4) is 0 Å². The molecule has 1 saturated carbocycles. The molecule has 0 radical (unpaired) electrons. The highest BCUT2D eigenvalue weighted by Crippen LogP contribution is 2.36. The van der Waals surface area contributed by atoms with Gasteiger partial charge in [0.05, 0.1) is 0 Å². The first-order valence-electron chi connectivity index (χ1n) is 6.86. The zero-order chi connectivity index (χ0) is 12.3. The molecule has 0 spiro atoms. The molecular formula is C15H24N2.